The molecule has 0 atom stereocenters. The summed E-state index contributed by atoms with van der Waals surface area (Å²) in [5, 5.41) is 5.41. The highest BCUT2D eigenvalue weighted by molar-refractivity contribution is 6.01. The first-order valence-electron chi connectivity index (χ1n) is 6.60. The number of fused-ring (bicyclic) bond motifs is 1. The molecule has 1 aromatic carbocycles. The zero-order valence-corrected chi connectivity index (χ0v) is 12.1. The number of urea groups is 1. The molecule has 0 aliphatic heterocycles. The highest BCUT2D eigenvalue weighted by Gasteiger charge is 2.09. The summed E-state index contributed by atoms with van der Waals surface area (Å²) >= 11 is 0. The molecule has 3 rings (SSSR count). The summed E-state index contributed by atoms with van der Waals surface area (Å²) in [6.45, 7) is 1.77. The molecule has 0 spiro atoms. The monoisotopic (exact) mass is 298 g/mol. The Kier molecular flexibility index (Phi) is 3.61. The molecule has 0 bridgehead atoms. The lowest BCUT2D eigenvalue weighted by molar-refractivity contribution is 0.262. The minimum atomic E-state index is -0.397. The summed E-state index contributed by atoms with van der Waals surface area (Å²) in [6, 6.07) is 8.26. The molecule has 2 N–H and O–H groups in total. The molecule has 22 heavy (non-hydrogen) atoms. The van der Waals surface area contributed by atoms with Crippen LogP contribution in [0.3, 0.4) is 0 Å². The van der Waals surface area contributed by atoms with Crippen molar-refractivity contribution in [2.75, 3.05) is 17.7 Å². The first-order valence-corrected chi connectivity index (χ1v) is 6.60. The van der Waals surface area contributed by atoms with E-state index < -0.39 is 6.03 Å². The van der Waals surface area contributed by atoms with Crippen LogP contribution in [0.15, 0.2) is 40.9 Å². The van der Waals surface area contributed by atoms with Crippen LogP contribution in [0.25, 0.3) is 11.1 Å². The van der Waals surface area contributed by atoms with E-state index in [0.717, 1.165) is 0 Å². The number of nitrogens with one attached hydrogen (secondary N) is 2. The molecule has 0 radical (unpaired) electrons. The number of hydrogen-bond donors (Lipinski definition) is 2. The van der Waals surface area contributed by atoms with Gasteiger partial charge in [-0.3, -0.25) is 0 Å². The number of amides is 2. The number of ether oxygens (including phenoxy) is 1. The Hall–Kier alpha value is -3.09. The second-order valence-electron chi connectivity index (χ2n) is 4.55. The van der Waals surface area contributed by atoms with Crippen molar-refractivity contribution >= 4 is 28.5 Å². The number of pyridine rings is 1. The van der Waals surface area contributed by atoms with Gasteiger partial charge in [0.25, 0.3) is 0 Å². The van der Waals surface area contributed by atoms with Gasteiger partial charge in [0.05, 0.1) is 7.11 Å². The highest BCUT2D eigenvalue weighted by atomic mass is 16.5. The third kappa shape index (κ3) is 2.83. The quantitative estimate of drug-likeness (QED) is 0.775. The highest BCUT2D eigenvalue weighted by Crippen LogP contribution is 2.22. The molecule has 7 heteroatoms. The predicted molar refractivity (Wildman–Crippen MR) is 82.2 cm³/mol. The molecular weight excluding hydrogens is 284 g/mol. The average Bonchev–Trinajstić information content (AvgIpc) is 2.87. The summed E-state index contributed by atoms with van der Waals surface area (Å²) in [5.41, 5.74) is 2.47. The lowest BCUT2D eigenvalue weighted by Crippen LogP contribution is -2.19. The lowest BCUT2D eigenvalue weighted by atomic mass is 10.3. The van der Waals surface area contributed by atoms with Gasteiger partial charge in [0, 0.05) is 18.8 Å². The van der Waals surface area contributed by atoms with Crippen LogP contribution < -0.4 is 15.4 Å². The number of nitrogens with zero attached hydrogens (tertiary/aromatic N) is 2. The Morgan fingerprint density at radius 2 is 2.14 bits per heavy atom. The molecular formula is C15H14N4O3. The van der Waals surface area contributed by atoms with Crippen molar-refractivity contribution in [3.63, 3.8) is 0 Å². The van der Waals surface area contributed by atoms with Crippen LogP contribution in [0.2, 0.25) is 0 Å². The summed E-state index contributed by atoms with van der Waals surface area (Å²) in [6.07, 6.45) is 1.59. The summed E-state index contributed by atoms with van der Waals surface area (Å²) in [4.78, 5) is 20.3. The van der Waals surface area contributed by atoms with Gasteiger partial charge in [0.15, 0.2) is 11.5 Å². The van der Waals surface area contributed by atoms with E-state index in [4.69, 9.17) is 9.15 Å². The minimum absolute atomic E-state index is 0.347. The van der Waals surface area contributed by atoms with Crippen molar-refractivity contribution in [3.8, 4) is 5.88 Å². The maximum absolute atomic E-state index is 12.0. The molecule has 0 fully saturated rings. The van der Waals surface area contributed by atoms with Crippen LogP contribution in [0.1, 0.15) is 5.89 Å². The number of hydrogen-bond acceptors (Lipinski definition) is 5. The van der Waals surface area contributed by atoms with Crippen molar-refractivity contribution < 1.29 is 13.9 Å². The van der Waals surface area contributed by atoms with Gasteiger partial charge >= 0.3 is 6.03 Å². The molecule has 2 aromatic heterocycles. The zero-order chi connectivity index (χ0) is 15.5. The van der Waals surface area contributed by atoms with Gasteiger partial charge < -0.3 is 19.8 Å². The number of aryl methyl sites for hydroxylation is 1. The van der Waals surface area contributed by atoms with Crippen molar-refractivity contribution in [1.82, 2.24) is 9.97 Å². The maximum Gasteiger partial charge on any atom is 0.323 e. The normalized spacial score (nSPS) is 10.5. The minimum Gasteiger partial charge on any atom is -0.480 e. The van der Waals surface area contributed by atoms with Crippen molar-refractivity contribution in [1.29, 1.82) is 0 Å². The van der Waals surface area contributed by atoms with Crippen LogP contribution in [-0.4, -0.2) is 23.1 Å². The largest absolute Gasteiger partial charge is 0.480 e. The van der Waals surface area contributed by atoms with Gasteiger partial charge in [-0.25, -0.2) is 14.8 Å². The molecule has 7 nitrogen and oxygen atoms in total. The fourth-order valence-corrected chi connectivity index (χ4v) is 2.05. The zero-order valence-electron chi connectivity index (χ0n) is 12.1. The topological polar surface area (TPSA) is 89.3 Å². The molecule has 0 saturated heterocycles. The van der Waals surface area contributed by atoms with Crippen molar-refractivity contribution in [2.45, 2.75) is 6.92 Å². The lowest BCUT2D eigenvalue weighted by Gasteiger charge is -2.09. The third-order valence-electron chi connectivity index (χ3n) is 2.97. The van der Waals surface area contributed by atoms with E-state index in [2.05, 4.69) is 20.6 Å². The molecule has 2 amide bonds. The average molecular weight is 298 g/mol. The van der Waals surface area contributed by atoms with Crippen LogP contribution >= 0.6 is 0 Å². The number of anilines is 2. The predicted octanol–water partition coefficient (Wildman–Crippen LogP) is 3.18. The molecule has 112 valence electrons. The Balaban J connectivity index is 1.75. The van der Waals surface area contributed by atoms with E-state index in [9.17, 15) is 4.79 Å². The van der Waals surface area contributed by atoms with E-state index in [-0.39, 0.29) is 0 Å². The molecule has 0 unspecified atom stereocenters. The van der Waals surface area contributed by atoms with Gasteiger partial charge in [-0.05, 0) is 30.3 Å². The van der Waals surface area contributed by atoms with E-state index in [0.29, 0.717) is 34.2 Å². The van der Waals surface area contributed by atoms with Gasteiger partial charge in [-0.15, -0.1) is 0 Å². The van der Waals surface area contributed by atoms with Crippen LogP contribution in [-0.2, 0) is 0 Å². The molecule has 0 saturated carbocycles. The number of rotatable bonds is 3. The van der Waals surface area contributed by atoms with Crippen LogP contribution in [0, 0.1) is 6.92 Å². The standard InChI is InChI=1S/C15H14N4O3/c1-9-17-12-8-10(5-6-13(12)22-9)18-15(20)19-11-4-3-7-16-14(11)21-2/h3-8H,1-2H3,(H2,18,19,20). The molecule has 2 heterocycles. The van der Waals surface area contributed by atoms with Gasteiger partial charge in [-0.2, -0.15) is 0 Å². The Morgan fingerprint density at radius 3 is 2.95 bits per heavy atom. The maximum atomic E-state index is 12.0. The second kappa shape index (κ2) is 5.72. The number of carbonyl (C=O) groups is 1. The van der Waals surface area contributed by atoms with E-state index >= 15 is 0 Å². The summed E-state index contributed by atoms with van der Waals surface area (Å²) < 4.78 is 10.5. The first-order chi connectivity index (χ1) is 10.7. The third-order valence-corrected chi connectivity index (χ3v) is 2.97. The summed E-state index contributed by atoms with van der Waals surface area (Å²) in [7, 11) is 1.49. The number of aromatic nitrogens is 2. The SMILES string of the molecule is COc1ncccc1NC(=O)Nc1ccc2oc(C)nc2c1. The smallest absolute Gasteiger partial charge is 0.323 e. The van der Waals surface area contributed by atoms with E-state index in [1.165, 1.54) is 7.11 Å². The van der Waals surface area contributed by atoms with Crippen LogP contribution in [0.4, 0.5) is 16.2 Å². The summed E-state index contributed by atoms with van der Waals surface area (Å²) in [5.74, 6) is 0.928. The van der Waals surface area contributed by atoms with Crippen molar-refractivity contribution in [3.05, 3.63) is 42.4 Å². The second-order valence-corrected chi connectivity index (χ2v) is 4.55. The first kappa shape index (κ1) is 13.9. The van der Waals surface area contributed by atoms with Gasteiger partial charge in [-0.1, -0.05) is 0 Å². The van der Waals surface area contributed by atoms with E-state index in [1.54, 1.807) is 43.5 Å². The van der Waals surface area contributed by atoms with Gasteiger partial charge in [0.2, 0.25) is 5.88 Å². The fourth-order valence-electron chi connectivity index (χ4n) is 2.05. The Labute approximate surface area is 126 Å². The van der Waals surface area contributed by atoms with Crippen molar-refractivity contribution in [2.24, 2.45) is 0 Å². The van der Waals surface area contributed by atoms with Crippen LogP contribution in [0.5, 0.6) is 5.88 Å². The fraction of sp³-hybridized carbons (Fsp3) is 0.133. The molecule has 3 aromatic rings. The molecule has 0 aliphatic rings. The van der Waals surface area contributed by atoms with E-state index in [1.807, 2.05) is 0 Å². The Morgan fingerprint density at radius 1 is 1.27 bits per heavy atom. The molecule has 0 aliphatic carbocycles. The van der Waals surface area contributed by atoms with Gasteiger partial charge in [0.1, 0.15) is 11.2 Å². The number of carbonyl (C=O) groups excluding carboxylic acids is 1. The number of oxazole rings is 1. The number of methoxy groups -OCH3 is 1. The Bertz CT molecular complexity index is 829. The number of benzene rings is 1.